The molecule has 6 heteroatoms. The first-order valence-electron chi connectivity index (χ1n) is 8.50. The minimum Gasteiger partial charge on any atom is -0.489 e. The van der Waals surface area contributed by atoms with Gasteiger partial charge in [-0.2, -0.15) is 0 Å². The largest absolute Gasteiger partial charge is 0.489 e. The van der Waals surface area contributed by atoms with Crippen molar-refractivity contribution in [2.45, 2.75) is 39.9 Å². The summed E-state index contributed by atoms with van der Waals surface area (Å²) in [5.41, 5.74) is 0.876. The Labute approximate surface area is 153 Å². The van der Waals surface area contributed by atoms with E-state index >= 15 is 0 Å². The highest BCUT2D eigenvalue weighted by atomic mass is 16.5. The Bertz CT molecular complexity index is 706. The highest BCUT2D eigenvalue weighted by Crippen LogP contribution is 2.26. The molecule has 2 N–H and O–H groups in total. The number of carbonyl (C=O) groups is 2. The Kier molecular flexibility index (Phi) is 6.60. The van der Waals surface area contributed by atoms with E-state index in [9.17, 15) is 9.59 Å². The van der Waals surface area contributed by atoms with Gasteiger partial charge in [0.25, 0.3) is 0 Å². The van der Waals surface area contributed by atoms with Crippen LogP contribution in [0.5, 0.6) is 11.5 Å². The van der Waals surface area contributed by atoms with Crippen LogP contribution in [0.3, 0.4) is 0 Å². The predicted octanol–water partition coefficient (Wildman–Crippen LogP) is 3.84. The molecule has 0 spiro atoms. The average molecular weight is 356 g/mol. The van der Waals surface area contributed by atoms with Crippen LogP contribution in [0.2, 0.25) is 0 Å². The fraction of sp³-hybridized carbons (Fsp3) is 0.300. The molecule has 6 nitrogen and oxygen atoms in total. The summed E-state index contributed by atoms with van der Waals surface area (Å²) in [6, 6.07) is 13.9. The molecule has 138 valence electrons. The third kappa shape index (κ3) is 5.51. The van der Waals surface area contributed by atoms with Gasteiger partial charge >= 0.3 is 11.8 Å². The number of amides is 2. The summed E-state index contributed by atoms with van der Waals surface area (Å²) in [4.78, 5) is 24.5. The predicted molar refractivity (Wildman–Crippen MR) is 102 cm³/mol. The van der Waals surface area contributed by atoms with Gasteiger partial charge in [0, 0.05) is 0 Å². The summed E-state index contributed by atoms with van der Waals surface area (Å²) < 4.78 is 11.3. The van der Waals surface area contributed by atoms with Crippen LogP contribution in [0, 0.1) is 0 Å². The Morgan fingerprint density at radius 3 is 1.38 bits per heavy atom. The molecular formula is C20H24N2O4. The molecule has 2 aromatic carbocycles. The van der Waals surface area contributed by atoms with E-state index in [4.69, 9.17) is 9.47 Å². The molecule has 2 amide bonds. The molecule has 0 radical (unpaired) electrons. The zero-order valence-corrected chi connectivity index (χ0v) is 15.4. The van der Waals surface area contributed by atoms with E-state index in [2.05, 4.69) is 10.6 Å². The molecule has 0 atom stereocenters. The van der Waals surface area contributed by atoms with Gasteiger partial charge in [-0.1, -0.05) is 24.3 Å². The summed E-state index contributed by atoms with van der Waals surface area (Å²) in [7, 11) is 0. The lowest BCUT2D eigenvalue weighted by Crippen LogP contribution is -2.29. The van der Waals surface area contributed by atoms with Gasteiger partial charge in [0.05, 0.1) is 23.6 Å². The van der Waals surface area contributed by atoms with Crippen molar-refractivity contribution in [1.82, 2.24) is 0 Å². The maximum absolute atomic E-state index is 12.3. The van der Waals surface area contributed by atoms with Gasteiger partial charge < -0.3 is 20.1 Å². The molecule has 0 saturated carbocycles. The highest BCUT2D eigenvalue weighted by Gasteiger charge is 2.18. The van der Waals surface area contributed by atoms with Gasteiger partial charge in [-0.25, -0.2) is 0 Å². The fourth-order valence-corrected chi connectivity index (χ4v) is 2.21. The van der Waals surface area contributed by atoms with Crippen molar-refractivity contribution in [2.75, 3.05) is 10.6 Å². The number of ether oxygens (including phenoxy) is 2. The molecule has 0 unspecified atom stereocenters. The van der Waals surface area contributed by atoms with Gasteiger partial charge in [0.15, 0.2) is 0 Å². The first kappa shape index (κ1) is 19.3. The van der Waals surface area contributed by atoms with Crippen LogP contribution in [0.4, 0.5) is 11.4 Å². The number of nitrogens with one attached hydrogen (secondary N) is 2. The number of rotatable bonds is 6. The van der Waals surface area contributed by atoms with Crippen LogP contribution in [0.25, 0.3) is 0 Å². The van der Waals surface area contributed by atoms with E-state index in [1.54, 1.807) is 48.5 Å². The second kappa shape index (κ2) is 8.89. The number of carbonyl (C=O) groups excluding carboxylic acids is 2. The first-order valence-corrected chi connectivity index (χ1v) is 8.50. The van der Waals surface area contributed by atoms with Crippen LogP contribution in [0.15, 0.2) is 48.5 Å². The van der Waals surface area contributed by atoms with Crippen molar-refractivity contribution in [2.24, 2.45) is 0 Å². The summed E-state index contributed by atoms with van der Waals surface area (Å²) in [6.45, 7) is 7.54. The molecule has 0 aliphatic heterocycles. The van der Waals surface area contributed by atoms with E-state index < -0.39 is 11.8 Å². The lowest BCUT2D eigenvalue weighted by molar-refractivity contribution is -0.133. The van der Waals surface area contributed by atoms with E-state index in [-0.39, 0.29) is 12.2 Å². The number of hydrogen-bond donors (Lipinski definition) is 2. The zero-order chi connectivity index (χ0) is 19.1. The van der Waals surface area contributed by atoms with Crippen LogP contribution in [-0.2, 0) is 9.59 Å². The summed E-state index contributed by atoms with van der Waals surface area (Å²) in [5.74, 6) is -0.562. The molecule has 0 aliphatic carbocycles. The summed E-state index contributed by atoms with van der Waals surface area (Å²) in [6.07, 6.45) is -0.108. The molecule has 0 heterocycles. The van der Waals surface area contributed by atoms with E-state index in [0.717, 1.165) is 0 Å². The molecule has 2 rings (SSSR count). The maximum atomic E-state index is 12.3. The number of para-hydroxylation sites is 4. The van der Waals surface area contributed by atoms with Crippen LogP contribution >= 0.6 is 0 Å². The van der Waals surface area contributed by atoms with Crippen molar-refractivity contribution in [1.29, 1.82) is 0 Å². The molecule has 0 fully saturated rings. The molecule has 0 aliphatic rings. The topological polar surface area (TPSA) is 76.7 Å². The highest BCUT2D eigenvalue weighted by molar-refractivity contribution is 6.43. The maximum Gasteiger partial charge on any atom is 0.314 e. The molecule has 2 aromatic rings. The Morgan fingerprint density at radius 2 is 1.04 bits per heavy atom. The Balaban J connectivity index is 2.09. The van der Waals surface area contributed by atoms with Crippen molar-refractivity contribution < 1.29 is 19.1 Å². The van der Waals surface area contributed by atoms with Crippen molar-refractivity contribution in [3.05, 3.63) is 48.5 Å². The van der Waals surface area contributed by atoms with E-state index in [1.807, 2.05) is 27.7 Å². The van der Waals surface area contributed by atoms with Crippen LogP contribution < -0.4 is 20.1 Å². The summed E-state index contributed by atoms with van der Waals surface area (Å²) >= 11 is 0. The molecule has 0 aromatic heterocycles. The van der Waals surface area contributed by atoms with Gasteiger partial charge in [-0.05, 0) is 52.0 Å². The standard InChI is InChI=1S/C20H24N2O4/c1-13(2)25-17-11-7-5-9-15(17)21-19(23)20(24)22-16-10-6-8-12-18(16)26-14(3)4/h5-14H,1-4H3,(H,21,23)(H,22,24). The van der Waals surface area contributed by atoms with Crippen molar-refractivity contribution >= 4 is 23.2 Å². The second-order valence-electron chi connectivity index (χ2n) is 6.23. The monoisotopic (exact) mass is 356 g/mol. The van der Waals surface area contributed by atoms with Gasteiger partial charge in [0.2, 0.25) is 0 Å². The smallest absolute Gasteiger partial charge is 0.314 e. The van der Waals surface area contributed by atoms with Crippen molar-refractivity contribution in [3.63, 3.8) is 0 Å². The average Bonchev–Trinajstić information content (AvgIpc) is 2.57. The molecular weight excluding hydrogens is 332 g/mol. The SMILES string of the molecule is CC(C)Oc1ccccc1NC(=O)C(=O)Nc1ccccc1OC(C)C. The number of benzene rings is 2. The lowest BCUT2D eigenvalue weighted by atomic mass is 10.2. The first-order chi connectivity index (χ1) is 12.4. The molecule has 0 saturated heterocycles. The Hall–Kier alpha value is -3.02. The number of anilines is 2. The molecule has 26 heavy (non-hydrogen) atoms. The van der Waals surface area contributed by atoms with Crippen molar-refractivity contribution in [3.8, 4) is 11.5 Å². The Morgan fingerprint density at radius 1 is 0.692 bits per heavy atom. The number of hydrogen-bond acceptors (Lipinski definition) is 4. The summed E-state index contributed by atoms with van der Waals surface area (Å²) in [5, 5.41) is 5.16. The quantitative estimate of drug-likeness (QED) is 0.771. The normalized spacial score (nSPS) is 10.5. The van der Waals surface area contributed by atoms with Crippen LogP contribution in [-0.4, -0.2) is 24.0 Å². The van der Waals surface area contributed by atoms with Gasteiger partial charge in [-0.15, -0.1) is 0 Å². The zero-order valence-electron chi connectivity index (χ0n) is 15.4. The fourth-order valence-electron chi connectivity index (χ4n) is 2.21. The molecule has 0 bridgehead atoms. The van der Waals surface area contributed by atoms with Gasteiger partial charge in [0.1, 0.15) is 11.5 Å². The minimum absolute atomic E-state index is 0.0538. The minimum atomic E-state index is -0.788. The van der Waals surface area contributed by atoms with Gasteiger partial charge in [-0.3, -0.25) is 9.59 Å². The van der Waals surface area contributed by atoms with Crippen LogP contribution in [0.1, 0.15) is 27.7 Å². The second-order valence-corrected chi connectivity index (χ2v) is 6.23. The third-order valence-electron chi connectivity index (χ3n) is 3.20. The van der Waals surface area contributed by atoms with E-state index in [0.29, 0.717) is 22.9 Å². The van der Waals surface area contributed by atoms with E-state index in [1.165, 1.54) is 0 Å². The third-order valence-corrected chi connectivity index (χ3v) is 3.20. The lowest BCUT2D eigenvalue weighted by Gasteiger charge is -2.16.